The number of hydrogen-bond donors (Lipinski definition) is 2. The van der Waals surface area contributed by atoms with E-state index in [1.807, 2.05) is 158 Å². The van der Waals surface area contributed by atoms with Crippen molar-refractivity contribution in [1.82, 2.24) is 0 Å². The van der Waals surface area contributed by atoms with Crippen molar-refractivity contribution in [3.63, 3.8) is 0 Å². The van der Waals surface area contributed by atoms with E-state index in [2.05, 4.69) is 34.3 Å². The maximum atomic E-state index is 14.8. The lowest BCUT2D eigenvalue weighted by Gasteiger charge is -2.50. The molecule has 2 N–H and O–H groups in total. The van der Waals surface area contributed by atoms with Crippen LogP contribution in [0.25, 0.3) is 0 Å². The van der Waals surface area contributed by atoms with Crippen LogP contribution in [0.5, 0.6) is 11.5 Å². The summed E-state index contributed by atoms with van der Waals surface area (Å²) in [6.45, 7) is 4.31. The van der Waals surface area contributed by atoms with Gasteiger partial charge in [-0.15, -0.1) is 0 Å². The summed E-state index contributed by atoms with van der Waals surface area (Å²) in [6.07, 6.45) is 2.75. The summed E-state index contributed by atoms with van der Waals surface area (Å²) in [7, 11) is 0. The lowest BCUT2D eigenvalue weighted by Crippen LogP contribution is -2.53. The van der Waals surface area contributed by atoms with Crippen molar-refractivity contribution >= 4 is 35.1 Å². The van der Waals surface area contributed by atoms with Crippen molar-refractivity contribution in [3.8, 4) is 35.2 Å². The third-order valence-electron chi connectivity index (χ3n) is 11.5. The van der Waals surface area contributed by atoms with Gasteiger partial charge < -0.3 is 29.6 Å². The number of anilines is 2. The van der Waals surface area contributed by atoms with Crippen LogP contribution >= 0.6 is 0 Å². The van der Waals surface area contributed by atoms with Gasteiger partial charge in [0.25, 0.3) is 0 Å². The number of rotatable bonds is 18. The van der Waals surface area contributed by atoms with Crippen LogP contribution in [0, 0.1) is 35.5 Å². The van der Waals surface area contributed by atoms with E-state index < -0.39 is 23.7 Å². The molecule has 0 atom stereocenters. The van der Waals surface area contributed by atoms with E-state index in [0.29, 0.717) is 75.0 Å². The van der Waals surface area contributed by atoms with Crippen LogP contribution in [0.4, 0.5) is 11.4 Å². The Balaban J connectivity index is 1.15. The molecule has 1 aliphatic rings. The summed E-state index contributed by atoms with van der Waals surface area (Å²) in [5, 5.41) is 6.33. The van der Waals surface area contributed by atoms with Gasteiger partial charge in [-0.05, 0) is 134 Å². The zero-order valence-corrected chi connectivity index (χ0v) is 38.2. The molecular weight excluding hydrogens is 853 g/mol. The maximum absolute atomic E-state index is 14.8. The molecule has 344 valence electrons. The monoisotopic (exact) mass is 906 g/mol. The van der Waals surface area contributed by atoms with Gasteiger partial charge in [0.05, 0.1) is 38.3 Å². The zero-order chi connectivity index (χ0) is 47.5. The van der Waals surface area contributed by atoms with E-state index in [9.17, 15) is 19.2 Å². The van der Waals surface area contributed by atoms with E-state index in [-0.39, 0.29) is 23.8 Å². The van der Waals surface area contributed by atoms with E-state index in [1.54, 1.807) is 0 Å². The summed E-state index contributed by atoms with van der Waals surface area (Å²) in [6, 6.07) is 49.5. The van der Waals surface area contributed by atoms with Crippen molar-refractivity contribution in [2.24, 2.45) is 11.8 Å². The fourth-order valence-corrected chi connectivity index (χ4v) is 8.08. The number of carbonyl (C=O) groups is 4. The first-order chi connectivity index (χ1) is 33.2. The van der Waals surface area contributed by atoms with Crippen LogP contribution in [-0.4, -0.2) is 50.2 Å². The molecular formula is C58H54N2O8. The maximum Gasteiger partial charge on any atom is 0.302 e. The van der Waals surface area contributed by atoms with Crippen molar-refractivity contribution < 1.29 is 38.1 Å². The van der Waals surface area contributed by atoms with E-state index >= 15 is 0 Å². The van der Waals surface area contributed by atoms with E-state index in [1.165, 1.54) is 13.8 Å². The van der Waals surface area contributed by atoms with Crippen LogP contribution < -0.4 is 20.1 Å². The average molecular weight is 907 g/mol. The number of ether oxygens (including phenoxy) is 4. The number of nitrogens with one attached hydrogen (secondary N) is 2. The van der Waals surface area contributed by atoms with Crippen molar-refractivity contribution in [1.29, 1.82) is 0 Å². The van der Waals surface area contributed by atoms with Gasteiger partial charge in [-0.3, -0.25) is 19.2 Å². The summed E-state index contributed by atoms with van der Waals surface area (Å²) in [5.74, 6) is 10.6. The molecule has 2 amide bonds. The van der Waals surface area contributed by atoms with Crippen molar-refractivity contribution in [3.05, 3.63) is 191 Å². The van der Waals surface area contributed by atoms with E-state index in [4.69, 9.17) is 18.9 Å². The molecule has 0 heterocycles. The highest BCUT2D eigenvalue weighted by atomic mass is 16.5. The summed E-state index contributed by atoms with van der Waals surface area (Å²) in [5.41, 5.74) is 6.26. The topological polar surface area (TPSA) is 129 Å². The quantitative estimate of drug-likeness (QED) is 0.0496. The van der Waals surface area contributed by atoms with Crippen LogP contribution in [-0.2, 0) is 28.7 Å². The van der Waals surface area contributed by atoms with E-state index in [0.717, 1.165) is 33.4 Å². The largest absolute Gasteiger partial charge is 0.494 e. The third kappa shape index (κ3) is 14.0. The Morgan fingerprint density at radius 1 is 0.412 bits per heavy atom. The second-order valence-corrected chi connectivity index (χ2v) is 16.4. The predicted octanol–water partition coefficient (Wildman–Crippen LogP) is 10.3. The molecule has 0 spiro atoms. The molecule has 0 aromatic heterocycles. The molecule has 1 fully saturated rings. The van der Waals surface area contributed by atoms with Crippen molar-refractivity contribution in [2.45, 2.75) is 51.4 Å². The van der Waals surface area contributed by atoms with Crippen LogP contribution in [0.1, 0.15) is 84.7 Å². The number of benzene rings is 6. The Hall–Kier alpha value is -8.08. The number of unbranched alkanes of at least 4 members (excludes halogenated alkanes) is 2. The molecule has 7 rings (SSSR count). The van der Waals surface area contributed by atoms with Gasteiger partial charge in [0, 0.05) is 59.3 Å². The highest BCUT2D eigenvalue weighted by Crippen LogP contribution is 2.58. The van der Waals surface area contributed by atoms with Gasteiger partial charge in [-0.25, -0.2) is 0 Å². The fourth-order valence-electron chi connectivity index (χ4n) is 8.08. The molecule has 0 saturated heterocycles. The lowest BCUT2D eigenvalue weighted by molar-refractivity contribution is -0.142. The molecule has 0 aliphatic heterocycles. The first-order valence-corrected chi connectivity index (χ1v) is 22.9. The highest BCUT2D eigenvalue weighted by molar-refractivity contribution is 6.01. The Labute approximate surface area is 398 Å². The number of amides is 2. The van der Waals surface area contributed by atoms with Crippen LogP contribution in [0.3, 0.4) is 0 Å². The first-order valence-electron chi connectivity index (χ1n) is 22.9. The normalized spacial score (nSPS) is 15.7. The summed E-state index contributed by atoms with van der Waals surface area (Å²) >= 11 is 0. The second-order valence-electron chi connectivity index (χ2n) is 16.4. The second kappa shape index (κ2) is 24.4. The standard InChI is InChI=1S/C58H54N2O8/c1-41(61)65-37-9-11-39-67-51-33-25-47(26-34-51)53-55(57(63)59-49-29-21-45(22-30-49)19-17-43-13-5-3-6-14-43)54(48-27-35-52(36-28-48)68-40-12-10-38-66-42(2)62)56(53)58(64)60-50-31-23-46(24-32-50)20-18-44-15-7-4-8-16-44/h3-8,13-16,21-36,53-56H,9-12,37-40H2,1-2H3,(H,59,63)(H,60,64). The molecule has 1 saturated carbocycles. The van der Waals surface area contributed by atoms with Gasteiger partial charge in [-0.2, -0.15) is 0 Å². The number of esters is 2. The van der Waals surface area contributed by atoms with Crippen molar-refractivity contribution in [2.75, 3.05) is 37.1 Å². The first kappa shape index (κ1) is 47.9. The molecule has 0 bridgehead atoms. The minimum atomic E-state index is -0.653. The fraction of sp³-hybridized carbons (Fsp3) is 0.241. The minimum absolute atomic E-state index is 0.227. The number of carbonyl (C=O) groups excluding carboxylic acids is 4. The molecule has 6 aromatic carbocycles. The van der Waals surface area contributed by atoms with Gasteiger partial charge in [0.2, 0.25) is 11.8 Å². The predicted molar refractivity (Wildman–Crippen MR) is 263 cm³/mol. The molecule has 6 aromatic rings. The summed E-state index contributed by atoms with van der Waals surface area (Å²) < 4.78 is 22.1. The van der Waals surface area contributed by atoms with Crippen LogP contribution in [0.2, 0.25) is 0 Å². The Kier molecular flexibility index (Phi) is 17.2. The molecule has 10 heteroatoms. The average Bonchev–Trinajstić information content (AvgIpc) is 3.34. The Bertz CT molecular complexity index is 2530. The summed E-state index contributed by atoms with van der Waals surface area (Å²) in [4.78, 5) is 51.8. The molecule has 0 unspecified atom stereocenters. The molecule has 0 radical (unpaired) electrons. The lowest BCUT2D eigenvalue weighted by atomic mass is 9.52. The molecule has 10 nitrogen and oxygen atoms in total. The minimum Gasteiger partial charge on any atom is -0.494 e. The molecule has 68 heavy (non-hydrogen) atoms. The zero-order valence-electron chi connectivity index (χ0n) is 38.2. The molecule has 1 aliphatic carbocycles. The van der Waals surface area contributed by atoms with Gasteiger partial charge in [0.1, 0.15) is 11.5 Å². The van der Waals surface area contributed by atoms with Crippen LogP contribution in [0.15, 0.2) is 158 Å². The highest BCUT2D eigenvalue weighted by Gasteiger charge is 2.58. The third-order valence-corrected chi connectivity index (χ3v) is 11.5. The smallest absolute Gasteiger partial charge is 0.302 e. The van der Waals surface area contributed by atoms with Gasteiger partial charge in [-0.1, -0.05) is 84.3 Å². The van der Waals surface area contributed by atoms with Gasteiger partial charge >= 0.3 is 11.9 Å². The number of hydrogen-bond acceptors (Lipinski definition) is 8. The Morgan fingerprint density at radius 2 is 0.735 bits per heavy atom. The van der Waals surface area contributed by atoms with Gasteiger partial charge in [0.15, 0.2) is 0 Å². The SMILES string of the molecule is CC(=O)OCCCCOc1ccc(C2C(C(=O)Nc3ccc(C#Cc4ccccc4)cc3)C(c3ccc(OCCCCOC(C)=O)cc3)C2C(=O)Nc2ccc(C#Cc3ccccc3)cc2)cc1. The Morgan fingerprint density at radius 3 is 1.07 bits per heavy atom.